The third-order valence-corrected chi connectivity index (χ3v) is 4.58. The average Bonchev–Trinajstić information content (AvgIpc) is 3.01. The van der Waals surface area contributed by atoms with E-state index in [9.17, 15) is 9.59 Å². The molecule has 1 aliphatic heterocycles. The molecule has 22 heavy (non-hydrogen) atoms. The van der Waals surface area contributed by atoms with E-state index in [1.807, 2.05) is 12.1 Å². The molecule has 1 saturated heterocycles. The number of hydrogen-bond donors (Lipinski definition) is 1. The summed E-state index contributed by atoms with van der Waals surface area (Å²) in [5, 5.41) is 1.09. The SMILES string of the molecule is NC(=O)CSc1nc2ccccc2c(=O)n1C[C@H]1CCCO1. The maximum atomic E-state index is 12.7. The molecule has 1 atom stereocenters. The van der Waals surface area contributed by atoms with Crippen molar-refractivity contribution < 1.29 is 9.53 Å². The number of carbonyl (C=O) groups excluding carboxylic acids is 1. The summed E-state index contributed by atoms with van der Waals surface area (Å²) in [4.78, 5) is 28.3. The summed E-state index contributed by atoms with van der Waals surface area (Å²) in [5.74, 6) is -0.341. The van der Waals surface area contributed by atoms with Crippen LogP contribution in [0.3, 0.4) is 0 Å². The molecule has 1 aromatic heterocycles. The minimum absolute atomic E-state index is 0.0218. The highest BCUT2D eigenvalue weighted by Crippen LogP contribution is 2.20. The highest BCUT2D eigenvalue weighted by atomic mass is 32.2. The third-order valence-electron chi connectivity index (χ3n) is 3.58. The molecule has 3 rings (SSSR count). The van der Waals surface area contributed by atoms with Gasteiger partial charge in [-0.05, 0) is 25.0 Å². The molecule has 1 aliphatic rings. The minimum atomic E-state index is -0.434. The van der Waals surface area contributed by atoms with E-state index in [2.05, 4.69) is 4.98 Å². The number of ether oxygens (including phenoxy) is 1. The van der Waals surface area contributed by atoms with Crippen molar-refractivity contribution >= 4 is 28.6 Å². The van der Waals surface area contributed by atoms with E-state index in [1.54, 1.807) is 16.7 Å². The fourth-order valence-electron chi connectivity index (χ4n) is 2.55. The number of fused-ring (bicyclic) bond motifs is 1. The molecule has 0 saturated carbocycles. The van der Waals surface area contributed by atoms with E-state index in [4.69, 9.17) is 10.5 Å². The topological polar surface area (TPSA) is 87.2 Å². The van der Waals surface area contributed by atoms with Gasteiger partial charge in [-0.15, -0.1) is 0 Å². The summed E-state index contributed by atoms with van der Waals surface area (Å²) in [6, 6.07) is 7.21. The number of hydrogen-bond acceptors (Lipinski definition) is 5. The zero-order chi connectivity index (χ0) is 15.5. The van der Waals surface area contributed by atoms with Gasteiger partial charge in [-0.1, -0.05) is 23.9 Å². The predicted octanol–water partition coefficient (Wildman–Crippen LogP) is 1.15. The van der Waals surface area contributed by atoms with Crippen molar-refractivity contribution in [3.8, 4) is 0 Å². The first kappa shape index (κ1) is 15.1. The van der Waals surface area contributed by atoms with Crippen molar-refractivity contribution in [1.29, 1.82) is 0 Å². The second-order valence-corrected chi connectivity index (χ2v) is 6.16. The van der Waals surface area contributed by atoms with Gasteiger partial charge in [0, 0.05) is 6.61 Å². The van der Waals surface area contributed by atoms with Crippen LogP contribution in [0.15, 0.2) is 34.2 Å². The number of carbonyl (C=O) groups is 1. The number of thioether (sulfide) groups is 1. The standard InChI is InChI=1S/C15H17N3O3S/c16-13(19)9-22-15-17-12-6-2-1-5-11(12)14(20)18(15)8-10-4-3-7-21-10/h1-2,5-6,10H,3-4,7-9H2,(H2,16,19)/t10-/m1/s1. The van der Waals surface area contributed by atoms with Crippen LogP contribution in [0.25, 0.3) is 10.9 Å². The number of para-hydroxylation sites is 1. The predicted molar refractivity (Wildman–Crippen MR) is 84.9 cm³/mol. The molecule has 1 fully saturated rings. The largest absolute Gasteiger partial charge is 0.376 e. The van der Waals surface area contributed by atoms with Gasteiger partial charge in [-0.3, -0.25) is 14.2 Å². The van der Waals surface area contributed by atoms with Gasteiger partial charge >= 0.3 is 0 Å². The van der Waals surface area contributed by atoms with Crippen LogP contribution >= 0.6 is 11.8 Å². The lowest BCUT2D eigenvalue weighted by atomic mass is 10.2. The lowest BCUT2D eigenvalue weighted by Gasteiger charge is -2.16. The molecule has 2 heterocycles. The molecule has 0 spiro atoms. The van der Waals surface area contributed by atoms with Gasteiger partial charge in [-0.2, -0.15) is 0 Å². The lowest BCUT2D eigenvalue weighted by molar-refractivity contribution is -0.115. The summed E-state index contributed by atoms with van der Waals surface area (Å²) < 4.78 is 7.22. The molecule has 0 radical (unpaired) electrons. The Morgan fingerprint density at radius 2 is 2.27 bits per heavy atom. The summed E-state index contributed by atoms with van der Waals surface area (Å²) in [7, 11) is 0. The molecule has 1 aromatic carbocycles. The molecule has 0 aliphatic carbocycles. The Morgan fingerprint density at radius 1 is 1.45 bits per heavy atom. The summed E-state index contributed by atoms with van der Waals surface area (Å²) in [6.07, 6.45) is 1.96. The molecule has 0 bridgehead atoms. The van der Waals surface area contributed by atoms with E-state index in [0.29, 0.717) is 22.6 Å². The first-order valence-corrected chi connectivity index (χ1v) is 8.16. The van der Waals surface area contributed by atoms with Crippen LogP contribution in [0.1, 0.15) is 12.8 Å². The van der Waals surface area contributed by atoms with Gasteiger partial charge in [0.2, 0.25) is 5.91 Å². The van der Waals surface area contributed by atoms with Crippen LogP contribution in [-0.4, -0.2) is 33.9 Å². The Hall–Kier alpha value is -1.86. The molecule has 2 aromatic rings. The minimum Gasteiger partial charge on any atom is -0.376 e. The lowest BCUT2D eigenvalue weighted by Crippen LogP contribution is -2.29. The van der Waals surface area contributed by atoms with Gasteiger partial charge in [0.05, 0.1) is 29.3 Å². The first-order chi connectivity index (χ1) is 10.6. The Balaban J connectivity index is 2.03. The maximum Gasteiger partial charge on any atom is 0.262 e. The van der Waals surface area contributed by atoms with Gasteiger partial charge in [-0.25, -0.2) is 4.98 Å². The van der Waals surface area contributed by atoms with E-state index in [-0.39, 0.29) is 17.4 Å². The van der Waals surface area contributed by atoms with Crippen LogP contribution in [0, 0.1) is 0 Å². The highest BCUT2D eigenvalue weighted by Gasteiger charge is 2.20. The number of rotatable bonds is 5. The van der Waals surface area contributed by atoms with Crippen LogP contribution in [0.5, 0.6) is 0 Å². The molecule has 0 unspecified atom stereocenters. The van der Waals surface area contributed by atoms with Crippen molar-refractivity contribution in [3.63, 3.8) is 0 Å². The van der Waals surface area contributed by atoms with Crippen LogP contribution in [-0.2, 0) is 16.1 Å². The van der Waals surface area contributed by atoms with Crippen molar-refractivity contribution in [2.75, 3.05) is 12.4 Å². The van der Waals surface area contributed by atoms with E-state index in [0.717, 1.165) is 19.4 Å². The van der Waals surface area contributed by atoms with Crippen LogP contribution < -0.4 is 11.3 Å². The van der Waals surface area contributed by atoms with E-state index in [1.165, 1.54) is 11.8 Å². The number of aromatic nitrogens is 2. The fourth-order valence-corrected chi connectivity index (χ4v) is 3.29. The number of amides is 1. The molecular formula is C15H17N3O3S. The number of benzene rings is 1. The maximum absolute atomic E-state index is 12.7. The van der Waals surface area contributed by atoms with Crippen molar-refractivity contribution in [3.05, 3.63) is 34.6 Å². The number of nitrogens with two attached hydrogens (primary N) is 1. The zero-order valence-corrected chi connectivity index (χ0v) is 12.8. The quantitative estimate of drug-likeness (QED) is 0.660. The molecular weight excluding hydrogens is 302 g/mol. The van der Waals surface area contributed by atoms with Crippen LogP contribution in [0.2, 0.25) is 0 Å². The number of primary amides is 1. The smallest absolute Gasteiger partial charge is 0.262 e. The summed E-state index contributed by atoms with van der Waals surface area (Å²) in [6.45, 7) is 1.18. The van der Waals surface area contributed by atoms with Gasteiger partial charge < -0.3 is 10.5 Å². The summed E-state index contributed by atoms with van der Waals surface area (Å²) in [5.41, 5.74) is 5.73. The van der Waals surface area contributed by atoms with Gasteiger partial charge in [0.15, 0.2) is 5.16 Å². The molecule has 1 amide bonds. The molecule has 6 nitrogen and oxygen atoms in total. The van der Waals surface area contributed by atoms with E-state index >= 15 is 0 Å². The molecule has 2 N–H and O–H groups in total. The average molecular weight is 319 g/mol. The van der Waals surface area contributed by atoms with E-state index < -0.39 is 5.91 Å². The second-order valence-electron chi connectivity index (χ2n) is 5.22. The van der Waals surface area contributed by atoms with Crippen molar-refractivity contribution in [2.45, 2.75) is 30.6 Å². The zero-order valence-electron chi connectivity index (χ0n) is 12.0. The summed E-state index contributed by atoms with van der Waals surface area (Å²) >= 11 is 1.19. The highest BCUT2D eigenvalue weighted by molar-refractivity contribution is 7.99. The van der Waals surface area contributed by atoms with Crippen molar-refractivity contribution in [2.24, 2.45) is 5.73 Å². The van der Waals surface area contributed by atoms with Gasteiger partial charge in [0.25, 0.3) is 5.56 Å². The monoisotopic (exact) mass is 319 g/mol. The normalized spacial score (nSPS) is 17.9. The Kier molecular flexibility index (Phi) is 4.44. The number of nitrogens with zero attached hydrogens (tertiary/aromatic N) is 2. The van der Waals surface area contributed by atoms with Gasteiger partial charge in [0.1, 0.15) is 0 Å². The second kappa shape index (κ2) is 6.50. The fraction of sp³-hybridized carbons (Fsp3) is 0.400. The van der Waals surface area contributed by atoms with Crippen LogP contribution in [0.4, 0.5) is 0 Å². The molecule has 7 heteroatoms. The first-order valence-electron chi connectivity index (χ1n) is 7.17. The van der Waals surface area contributed by atoms with Crippen molar-refractivity contribution in [1.82, 2.24) is 9.55 Å². The third kappa shape index (κ3) is 3.15. The molecule has 116 valence electrons. The Bertz CT molecular complexity index is 753. The Morgan fingerprint density at radius 3 is 3.00 bits per heavy atom. The Labute approximate surface area is 131 Å².